The van der Waals surface area contributed by atoms with E-state index in [4.69, 9.17) is 14.9 Å². The van der Waals surface area contributed by atoms with Crippen molar-refractivity contribution in [1.82, 2.24) is 10.2 Å². The van der Waals surface area contributed by atoms with E-state index in [0.29, 0.717) is 19.7 Å². The first-order chi connectivity index (χ1) is 8.06. The van der Waals surface area contributed by atoms with Gasteiger partial charge in [0.25, 0.3) is 0 Å². The van der Waals surface area contributed by atoms with Gasteiger partial charge in [-0.1, -0.05) is 0 Å². The van der Waals surface area contributed by atoms with Crippen molar-refractivity contribution in [2.75, 3.05) is 33.4 Å². The van der Waals surface area contributed by atoms with E-state index in [1.165, 1.54) is 12.0 Å². The second-order valence-electron chi connectivity index (χ2n) is 3.43. The van der Waals surface area contributed by atoms with Crippen molar-refractivity contribution in [2.24, 2.45) is 0 Å². The lowest BCUT2D eigenvalue weighted by Gasteiger charge is -2.23. The fourth-order valence-electron chi connectivity index (χ4n) is 1.23. The Morgan fingerprint density at radius 3 is 2.53 bits per heavy atom. The minimum atomic E-state index is -1.16. The molecule has 0 saturated heterocycles. The van der Waals surface area contributed by atoms with Gasteiger partial charge in [-0.25, -0.2) is 9.59 Å². The summed E-state index contributed by atoms with van der Waals surface area (Å²) in [6.07, 6.45) is -0.0110. The first-order valence-electron chi connectivity index (χ1n) is 5.44. The quantitative estimate of drug-likeness (QED) is 0.538. The number of carboxylic acid groups (broad SMARTS) is 1. The number of nitrogens with one attached hydrogen (secondary N) is 1. The van der Waals surface area contributed by atoms with E-state index >= 15 is 0 Å². The number of aliphatic hydroxyl groups excluding tert-OH is 1. The summed E-state index contributed by atoms with van der Waals surface area (Å²) >= 11 is 0. The Balaban J connectivity index is 4.30. The molecule has 0 radical (unpaired) electrons. The van der Waals surface area contributed by atoms with Crippen LogP contribution in [-0.2, 0) is 9.53 Å². The molecule has 17 heavy (non-hydrogen) atoms. The summed E-state index contributed by atoms with van der Waals surface area (Å²) in [5.74, 6) is -1.16. The number of carbonyl (C=O) groups excluding carboxylic acids is 1. The molecule has 0 rings (SSSR count). The molecule has 3 N–H and O–H groups in total. The number of methoxy groups -OCH3 is 1. The minimum Gasteiger partial charge on any atom is -0.480 e. The fraction of sp³-hybridized carbons (Fsp3) is 0.800. The number of nitrogens with zero attached hydrogens (tertiary/aromatic N) is 1. The topological polar surface area (TPSA) is 99.1 Å². The van der Waals surface area contributed by atoms with Gasteiger partial charge in [0.1, 0.15) is 6.04 Å². The lowest BCUT2D eigenvalue weighted by atomic mass is 10.2. The first-order valence-corrected chi connectivity index (χ1v) is 5.44. The summed E-state index contributed by atoms with van der Waals surface area (Å²) in [7, 11) is 1.53. The van der Waals surface area contributed by atoms with Crippen LogP contribution >= 0.6 is 0 Å². The molecule has 0 aromatic heterocycles. The molecular formula is C10H20N2O5. The molecular weight excluding hydrogens is 228 g/mol. The highest BCUT2D eigenvalue weighted by atomic mass is 16.5. The van der Waals surface area contributed by atoms with Crippen LogP contribution < -0.4 is 5.32 Å². The molecule has 0 saturated carbocycles. The number of aliphatic hydroxyl groups is 1. The Morgan fingerprint density at radius 1 is 1.47 bits per heavy atom. The van der Waals surface area contributed by atoms with E-state index < -0.39 is 18.0 Å². The van der Waals surface area contributed by atoms with E-state index in [2.05, 4.69) is 5.32 Å². The van der Waals surface area contributed by atoms with Gasteiger partial charge in [-0.05, 0) is 6.92 Å². The van der Waals surface area contributed by atoms with Crippen molar-refractivity contribution < 1.29 is 24.5 Å². The summed E-state index contributed by atoms with van der Waals surface area (Å²) in [6, 6.07) is -1.53. The molecule has 2 amide bonds. The van der Waals surface area contributed by atoms with Gasteiger partial charge in [0.2, 0.25) is 0 Å². The number of ether oxygens (including phenoxy) is 1. The van der Waals surface area contributed by atoms with Crippen LogP contribution in [0.25, 0.3) is 0 Å². The van der Waals surface area contributed by atoms with E-state index in [-0.39, 0.29) is 13.0 Å². The van der Waals surface area contributed by atoms with E-state index in [1.807, 2.05) is 0 Å². The summed E-state index contributed by atoms with van der Waals surface area (Å²) in [4.78, 5) is 23.9. The van der Waals surface area contributed by atoms with Gasteiger partial charge in [-0.3, -0.25) is 0 Å². The third kappa shape index (κ3) is 6.08. The van der Waals surface area contributed by atoms with E-state index in [1.54, 1.807) is 6.92 Å². The van der Waals surface area contributed by atoms with Crippen molar-refractivity contribution in [3.8, 4) is 0 Å². The summed E-state index contributed by atoms with van der Waals surface area (Å²) in [6.45, 7) is 2.74. The lowest BCUT2D eigenvalue weighted by Crippen LogP contribution is -2.49. The third-order valence-corrected chi connectivity index (χ3v) is 2.25. The van der Waals surface area contributed by atoms with Crippen LogP contribution in [0.2, 0.25) is 0 Å². The van der Waals surface area contributed by atoms with Crippen molar-refractivity contribution in [3.63, 3.8) is 0 Å². The standard InChI is InChI=1S/C10H20N2O5/c1-3-12(5-7-17-2)10(16)11-8(4-6-13)9(14)15/h8,13H,3-7H2,1-2H3,(H,11,16)(H,14,15). The molecule has 1 unspecified atom stereocenters. The van der Waals surface area contributed by atoms with Gasteiger partial charge in [0.05, 0.1) is 6.61 Å². The zero-order valence-corrected chi connectivity index (χ0v) is 10.2. The van der Waals surface area contributed by atoms with Crippen molar-refractivity contribution in [2.45, 2.75) is 19.4 Å². The number of likely N-dealkylation sites (N-methyl/N-ethyl adjacent to an activating group) is 1. The number of hydrogen-bond acceptors (Lipinski definition) is 4. The average molecular weight is 248 g/mol. The number of carbonyl (C=O) groups is 2. The van der Waals surface area contributed by atoms with E-state index in [9.17, 15) is 9.59 Å². The van der Waals surface area contributed by atoms with Crippen LogP contribution in [0.4, 0.5) is 4.79 Å². The minimum absolute atomic E-state index is 0.0110. The summed E-state index contributed by atoms with van der Waals surface area (Å²) in [5.41, 5.74) is 0. The van der Waals surface area contributed by atoms with Crippen LogP contribution in [0.5, 0.6) is 0 Å². The van der Waals surface area contributed by atoms with Crippen molar-refractivity contribution in [1.29, 1.82) is 0 Å². The van der Waals surface area contributed by atoms with Gasteiger partial charge in [0, 0.05) is 33.2 Å². The normalized spacial score (nSPS) is 11.9. The van der Waals surface area contributed by atoms with Gasteiger partial charge < -0.3 is 25.2 Å². The molecule has 0 heterocycles. The highest BCUT2D eigenvalue weighted by Gasteiger charge is 2.21. The molecule has 0 bridgehead atoms. The second kappa shape index (κ2) is 8.77. The number of carboxylic acids is 1. The molecule has 7 heteroatoms. The number of aliphatic carboxylic acids is 1. The second-order valence-corrected chi connectivity index (χ2v) is 3.43. The number of rotatable bonds is 8. The zero-order valence-electron chi connectivity index (χ0n) is 10.2. The molecule has 1 atom stereocenters. The Kier molecular flexibility index (Phi) is 8.08. The maximum Gasteiger partial charge on any atom is 0.326 e. The molecule has 0 aliphatic heterocycles. The van der Waals surface area contributed by atoms with Gasteiger partial charge in [-0.2, -0.15) is 0 Å². The molecule has 0 aromatic carbocycles. The molecule has 100 valence electrons. The molecule has 0 aromatic rings. The highest BCUT2D eigenvalue weighted by molar-refractivity contribution is 5.82. The first kappa shape index (κ1) is 15.7. The Hall–Kier alpha value is -1.34. The number of hydrogen-bond donors (Lipinski definition) is 3. The zero-order chi connectivity index (χ0) is 13.3. The predicted octanol–water partition coefficient (Wildman–Crippen LogP) is -0.500. The van der Waals surface area contributed by atoms with Crippen molar-refractivity contribution >= 4 is 12.0 Å². The summed E-state index contributed by atoms with van der Waals surface area (Å²) in [5, 5.41) is 19.9. The monoisotopic (exact) mass is 248 g/mol. The Labute approximate surface area is 100 Å². The predicted molar refractivity (Wildman–Crippen MR) is 60.8 cm³/mol. The lowest BCUT2D eigenvalue weighted by molar-refractivity contribution is -0.139. The Morgan fingerprint density at radius 2 is 2.12 bits per heavy atom. The van der Waals surface area contributed by atoms with Gasteiger partial charge in [0.15, 0.2) is 0 Å². The van der Waals surface area contributed by atoms with Crippen LogP contribution in [0.1, 0.15) is 13.3 Å². The maximum absolute atomic E-state index is 11.7. The van der Waals surface area contributed by atoms with Crippen LogP contribution in [0.3, 0.4) is 0 Å². The average Bonchev–Trinajstić information content (AvgIpc) is 2.29. The largest absolute Gasteiger partial charge is 0.480 e. The molecule has 7 nitrogen and oxygen atoms in total. The maximum atomic E-state index is 11.7. The van der Waals surface area contributed by atoms with Crippen LogP contribution in [0, 0.1) is 0 Å². The third-order valence-electron chi connectivity index (χ3n) is 2.25. The van der Waals surface area contributed by atoms with Gasteiger partial charge in [-0.15, -0.1) is 0 Å². The van der Waals surface area contributed by atoms with Crippen LogP contribution in [-0.4, -0.2) is 66.6 Å². The Bertz CT molecular complexity index is 247. The molecule has 0 spiro atoms. The van der Waals surface area contributed by atoms with Crippen molar-refractivity contribution in [3.05, 3.63) is 0 Å². The van der Waals surface area contributed by atoms with E-state index in [0.717, 1.165) is 0 Å². The highest BCUT2D eigenvalue weighted by Crippen LogP contribution is 1.96. The summed E-state index contributed by atoms with van der Waals surface area (Å²) < 4.78 is 4.85. The van der Waals surface area contributed by atoms with Crippen LogP contribution in [0.15, 0.2) is 0 Å². The van der Waals surface area contributed by atoms with Gasteiger partial charge >= 0.3 is 12.0 Å². The number of amides is 2. The molecule has 0 aliphatic rings. The SMILES string of the molecule is CCN(CCOC)C(=O)NC(CCO)C(=O)O. The smallest absolute Gasteiger partial charge is 0.326 e. The molecule has 0 fully saturated rings. The fourth-order valence-corrected chi connectivity index (χ4v) is 1.23. The number of urea groups is 1. The molecule has 0 aliphatic carbocycles.